The lowest BCUT2D eigenvalue weighted by atomic mass is 10.0. The second-order valence-electron chi connectivity index (χ2n) is 8.96. The Morgan fingerprint density at radius 1 is 0.943 bits per heavy atom. The molecule has 0 saturated heterocycles. The molecule has 0 N–H and O–H groups in total. The molecule has 7 nitrogen and oxygen atoms in total. The van der Waals surface area contributed by atoms with Crippen molar-refractivity contribution in [2.24, 2.45) is 0 Å². The summed E-state index contributed by atoms with van der Waals surface area (Å²) < 4.78 is 11.6. The smallest absolute Gasteiger partial charge is 0.338 e. The zero-order valence-corrected chi connectivity index (χ0v) is 19.4. The van der Waals surface area contributed by atoms with E-state index in [-0.39, 0.29) is 5.69 Å². The van der Waals surface area contributed by atoms with Gasteiger partial charge < -0.3 is 9.47 Å². The third-order valence-electron chi connectivity index (χ3n) is 5.15. The van der Waals surface area contributed by atoms with Crippen LogP contribution in [0.15, 0.2) is 78.9 Å². The number of rotatable bonds is 5. The van der Waals surface area contributed by atoms with Crippen LogP contribution in [0.5, 0.6) is 11.5 Å². The fourth-order valence-corrected chi connectivity index (χ4v) is 3.58. The summed E-state index contributed by atoms with van der Waals surface area (Å²) >= 11 is 0. The van der Waals surface area contributed by atoms with E-state index in [0.717, 1.165) is 10.8 Å². The monoisotopic (exact) mass is 466 g/mol. The van der Waals surface area contributed by atoms with Crippen molar-refractivity contribution in [3.05, 3.63) is 100 Å². The molecule has 4 aromatic carbocycles. The Morgan fingerprint density at radius 2 is 1.69 bits per heavy atom. The number of nitrogens with zero attached hydrogens (tertiary/aromatic N) is 2. The first-order chi connectivity index (χ1) is 16.6. The van der Waals surface area contributed by atoms with E-state index in [1.807, 2.05) is 18.2 Å². The lowest BCUT2D eigenvalue weighted by Crippen LogP contribution is -2.23. The molecular weight excluding hydrogens is 444 g/mol. The highest BCUT2D eigenvalue weighted by Crippen LogP contribution is 2.37. The van der Waals surface area contributed by atoms with E-state index in [2.05, 4.69) is 6.07 Å². The van der Waals surface area contributed by atoms with E-state index < -0.39 is 16.5 Å². The maximum atomic E-state index is 12.6. The Hall–Kier alpha value is -4.70. The molecule has 7 heteroatoms. The fraction of sp³-hybridized carbons (Fsp3) is 0.143. The maximum absolute atomic E-state index is 12.6. The van der Waals surface area contributed by atoms with E-state index >= 15 is 0 Å². The summed E-state index contributed by atoms with van der Waals surface area (Å²) in [6.45, 7) is 5.35. The average Bonchev–Trinajstić information content (AvgIpc) is 2.83. The maximum Gasteiger partial charge on any atom is 0.338 e. The van der Waals surface area contributed by atoms with Crippen molar-refractivity contribution in [3.63, 3.8) is 0 Å². The van der Waals surface area contributed by atoms with Crippen LogP contribution < -0.4 is 4.74 Å². The largest absolute Gasteiger partial charge is 0.457 e. The molecule has 0 radical (unpaired) electrons. The number of carbonyl (C=O) groups excluding carboxylic acids is 1. The van der Waals surface area contributed by atoms with Crippen molar-refractivity contribution in [1.82, 2.24) is 0 Å². The van der Waals surface area contributed by atoms with Gasteiger partial charge in [0.2, 0.25) is 0 Å². The lowest BCUT2D eigenvalue weighted by Gasteiger charge is -2.19. The van der Waals surface area contributed by atoms with Gasteiger partial charge in [-0.05, 0) is 79.6 Å². The summed E-state index contributed by atoms with van der Waals surface area (Å²) in [6.07, 6.45) is 0. The molecule has 0 unspecified atom stereocenters. The van der Waals surface area contributed by atoms with Crippen LogP contribution in [0.1, 0.15) is 36.7 Å². The first kappa shape index (κ1) is 23.5. The number of hydrogen-bond donors (Lipinski definition) is 0. The Bertz CT molecular complexity index is 1500. The number of carbonyl (C=O) groups is 1. The van der Waals surface area contributed by atoms with Crippen LogP contribution in [0.25, 0.3) is 21.9 Å². The van der Waals surface area contributed by atoms with Gasteiger partial charge in [-0.25, -0.2) is 4.79 Å². The van der Waals surface area contributed by atoms with Crippen LogP contribution in [0.2, 0.25) is 0 Å². The Labute approximate surface area is 202 Å². The number of esters is 1. The summed E-state index contributed by atoms with van der Waals surface area (Å²) in [4.78, 5) is 23.6. The van der Waals surface area contributed by atoms with Crippen molar-refractivity contribution in [2.45, 2.75) is 26.4 Å². The van der Waals surface area contributed by atoms with Crippen LogP contribution in [0.4, 0.5) is 5.69 Å². The van der Waals surface area contributed by atoms with Gasteiger partial charge in [0.1, 0.15) is 17.1 Å². The highest BCUT2D eigenvalue weighted by Gasteiger charge is 2.20. The van der Waals surface area contributed by atoms with Gasteiger partial charge in [-0.15, -0.1) is 0 Å². The molecule has 4 aromatic rings. The van der Waals surface area contributed by atoms with Gasteiger partial charge in [-0.3, -0.25) is 10.1 Å². The molecule has 0 aliphatic heterocycles. The number of nitriles is 1. The fourth-order valence-electron chi connectivity index (χ4n) is 3.58. The molecule has 0 aliphatic rings. The summed E-state index contributed by atoms with van der Waals surface area (Å²) in [5, 5.41) is 22.3. The van der Waals surface area contributed by atoms with Gasteiger partial charge in [0.05, 0.1) is 22.1 Å². The number of nitro benzene ring substituents is 1. The minimum absolute atomic E-state index is 0.0995. The molecule has 4 rings (SSSR count). The van der Waals surface area contributed by atoms with E-state index in [4.69, 9.17) is 14.7 Å². The van der Waals surface area contributed by atoms with Crippen molar-refractivity contribution in [3.8, 4) is 28.7 Å². The Kier molecular flexibility index (Phi) is 6.22. The second-order valence-corrected chi connectivity index (χ2v) is 8.96. The quantitative estimate of drug-likeness (QED) is 0.178. The normalized spacial score (nSPS) is 11.0. The predicted octanol–water partition coefficient (Wildman–Crippen LogP) is 7.03. The molecule has 0 atom stereocenters. The SMILES string of the molecule is CC(C)(C)OC(=O)c1cccc(-c2cc([N+](=O)[O-])ccc2Oc2ccc3cc(C#N)ccc3c2)c1. The van der Waals surface area contributed by atoms with Crippen LogP contribution in [-0.4, -0.2) is 16.5 Å². The Morgan fingerprint density at radius 3 is 2.40 bits per heavy atom. The average molecular weight is 466 g/mol. The van der Waals surface area contributed by atoms with Gasteiger partial charge in [0.15, 0.2) is 0 Å². The predicted molar refractivity (Wildman–Crippen MR) is 132 cm³/mol. The molecule has 0 fully saturated rings. The first-order valence-corrected chi connectivity index (χ1v) is 10.9. The van der Waals surface area contributed by atoms with Crippen molar-refractivity contribution in [2.75, 3.05) is 0 Å². The molecule has 0 bridgehead atoms. The minimum Gasteiger partial charge on any atom is -0.457 e. The number of hydrogen-bond acceptors (Lipinski definition) is 6. The van der Waals surface area contributed by atoms with Gasteiger partial charge in [-0.1, -0.05) is 24.3 Å². The number of nitro groups is 1. The van der Waals surface area contributed by atoms with Gasteiger partial charge in [0, 0.05) is 17.7 Å². The van der Waals surface area contributed by atoms with Crippen LogP contribution in [0.3, 0.4) is 0 Å². The molecule has 35 heavy (non-hydrogen) atoms. The standard InChI is InChI=1S/C28H22N2O5/c1-28(2,3)35-27(31)22-6-4-5-21(14-22)25-16-23(30(32)33)10-12-26(25)34-24-11-9-19-13-18(17-29)7-8-20(19)15-24/h4-16H,1-3H3. The van der Waals surface area contributed by atoms with Crippen LogP contribution in [-0.2, 0) is 4.74 Å². The molecule has 0 heterocycles. The second kappa shape index (κ2) is 9.27. The number of benzene rings is 4. The van der Waals surface area contributed by atoms with Gasteiger partial charge in [0.25, 0.3) is 5.69 Å². The summed E-state index contributed by atoms with van der Waals surface area (Å²) in [7, 11) is 0. The van der Waals surface area contributed by atoms with Crippen LogP contribution in [0, 0.1) is 21.4 Å². The van der Waals surface area contributed by atoms with E-state index in [1.165, 1.54) is 18.2 Å². The van der Waals surface area contributed by atoms with Crippen LogP contribution >= 0.6 is 0 Å². The molecule has 0 aliphatic carbocycles. The van der Waals surface area contributed by atoms with E-state index in [1.54, 1.807) is 63.2 Å². The number of ether oxygens (including phenoxy) is 2. The minimum atomic E-state index is -0.656. The molecule has 174 valence electrons. The third-order valence-corrected chi connectivity index (χ3v) is 5.15. The van der Waals surface area contributed by atoms with Crippen molar-refractivity contribution < 1.29 is 19.2 Å². The van der Waals surface area contributed by atoms with Crippen molar-refractivity contribution >= 4 is 22.4 Å². The zero-order valence-electron chi connectivity index (χ0n) is 19.4. The highest BCUT2D eigenvalue weighted by molar-refractivity contribution is 5.92. The third kappa shape index (κ3) is 5.45. The highest BCUT2D eigenvalue weighted by atomic mass is 16.6. The van der Waals surface area contributed by atoms with Gasteiger partial charge in [-0.2, -0.15) is 5.26 Å². The zero-order chi connectivity index (χ0) is 25.2. The summed E-state index contributed by atoms with van der Waals surface area (Å²) in [6, 6.07) is 24.0. The van der Waals surface area contributed by atoms with Gasteiger partial charge >= 0.3 is 5.97 Å². The molecule has 0 amide bonds. The topological polar surface area (TPSA) is 102 Å². The van der Waals surface area contributed by atoms with E-state index in [9.17, 15) is 14.9 Å². The molecule has 0 aromatic heterocycles. The van der Waals surface area contributed by atoms with Crippen molar-refractivity contribution in [1.29, 1.82) is 5.26 Å². The first-order valence-electron chi connectivity index (χ1n) is 10.9. The molecule has 0 spiro atoms. The summed E-state index contributed by atoms with van der Waals surface area (Å²) in [5.41, 5.74) is 1.17. The number of fused-ring (bicyclic) bond motifs is 1. The molecular formula is C28H22N2O5. The Balaban J connectivity index is 1.74. The summed E-state index contributed by atoms with van der Waals surface area (Å²) in [5.74, 6) is 0.434. The number of non-ortho nitro benzene ring substituents is 1. The molecule has 0 saturated carbocycles. The van der Waals surface area contributed by atoms with E-state index in [0.29, 0.717) is 33.8 Å². The lowest BCUT2D eigenvalue weighted by molar-refractivity contribution is -0.384.